The molecule has 1 fully saturated rings. The largest absolute Gasteiger partial charge is 0.369 e. The lowest BCUT2D eigenvalue weighted by atomic mass is 10.1. The standard InChI is InChI=1S/C18H21N3O/c1-14-5-7-16(8-6-14)20-18(22)15-3-2-4-17(13-15)21-11-9-19-10-12-21/h2-8,13,19H,9-12H2,1H3,(H,20,22). The minimum atomic E-state index is -0.0687. The molecule has 0 aromatic heterocycles. The lowest BCUT2D eigenvalue weighted by Gasteiger charge is -2.29. The number of piperazine rings is 1. The van der Waals surface area contributed by atoms with Crippen molar-refractivity contribution in [3.63, 3.8) is 0 Å². The van der Waals surface area contributed by atoms with Crippen LogP contribution in [-0.4, -0.2) is 32.1 Å². The molecule has 0 saturated carbocycles. The summed E-state index contributed by atoms with van der Waals surface area (Å²) in [6, 6.07) is 15.7. The summed E-state index contributed by atoms with van der Waals surface area (Å²) in [4.78, 5) is 14.7. The van der Waals surface area contributed by atoms with Crippen molar-refractivity contribution in [3.05, 3.63) is 59.7 Å². The smallest absolute Gasteiger partial charge is 0.255 e. The van der Waals surface area contributed by atoms with Gasteiger partial charge in [-0.15, -0.1) is 0 Å². The van der Waals surface area contributed by atoms with Gasteiger partial charge in [0.1, 0.15) is 0 Å². The summed E-state index contributed by atoms with van der Waals surface area (Å²) in [6.07, 6.45) is 0. The Morgan fingerprint density at radius 3 is 2.55 bits per heavy atom. The number of anilines is 2. The van der Waals surface area contributed by atoms with Crippen molar-refractivity contribution >= 4 is 17.3 Å². The van der Waals surface area contributed by atoms with Gasteiger partial charge in [0.25, 0.3) is 5.91 Å². The highest BCUT2D eigenvalue weighted by Crippen LogP contribution is 2.18. The van der Waals surface area contributed by atoms with Crippen molar-refractivity contribution in [2.24, 2.45) is 0 Å². The molecule has 1 aliphatic heterocycles. The van der Waals surface area contributed by atoms with Gasteiger partial charge in [0.2, 0.25) is 0 Å². The fraction of sp³-hybridized carbons (Fsp3) is 0.278. The van der Waals surface area contributed by atoms with Gasteiger partial charge in [-0.05, 0) is 37.3 Å². The molecule has 1 aliphatic rings. The third-order valence-electron chi connectivity index (χ3n) is 3.90. The first kappa shape index (κ1) is 14.6. The number of rotatable bonds is 3. The maximum Gasteiger partial charge on any atom is 0.255 e. The molecule has 0 aliphatic carbocycles. The maximum atomic E-state index is 12.4. The van der Waals surface area contributed by atoms with Gasteiger partial charge in [-0.25, -0.2) is 0 Å². The molecule has 1 heterocycles. The first-order valence-corrected chi connectivity index (χ1v) is 7.66. The first-order chi connectivity index (χ1) is 10.7. The average molecular weight is 295 g/mol. The van der Waals surface area contributed by atoms with Gasteiger partial charge in [-0.2, -0.15) is 0 Å². The van der Waals surface area contributed by atoms with Crippen LogP contribution in [0.2, 0.25) is 0 Å². The van der Waals surface area contributed by atoms with Crippen molar-refractivity contribution in [1.82, 2.24) is 5.32 Å². The molecule has 0 atom stereocenters. The topological polar surface area (TPSA) is 44.4 Å². The molecule has 2 N–H and O–H groups in total. The van der Waals surface area contributed by atoms with Crippen LogP contribution in [0, 0.1) is 6.92 Å². The summed E-state index contributed by atoms with van der Waals surface area (Å²) in [6.45, 7) is 5.95. The number of benzene rings is 2. The number of nitrogens with one attached hydrogen (secondary N) is 2. The quantitative estimate of drug-likeness (QED) is 0.915. The number of carbonyl (C=O) groups is 1. The second kappa shape index (κ2) is 6.62. The first-order valence-electron chi connectivity index (χ1n) is 7.66. The predicted molar refractivity (Wildman–Crippen MR) is 90.7 cm³/mol. The Labute approximate surface area is 131 Å². The molecule has 4 heteroatoms. The summed E-state index contributed by atoms with van der Waals surface area (Å²) in [7, 11) is 0. The third kappa shape index (κ3) is 3.46. The Balaban J connectivity index is 1.73. The van der Waals surface area contributed by atoms with E-state index in [2.05, 4.69) is 21.6 Å². The van der Waals surface area contributed by atoms with Gasteiger partial charge in [-0.1, -0.05) is 23.8 Å². The van der Waals surface area contributed by atoms with E-state index >= 15 is 0 Å². The molecule has 0 spiro atoms. The molecule has 114 valence electrons. The van der Waals surface area contributed by atoms with Crippen molar-refractivity contribution < 1.29 is 4.79 Å². The number of carbonyl (C=O) groups excluding carboxylic acids is 1. The predicted octanol–water partition coefficient (Wildman–Crippen LogP) is 2.66. The van der Waals surface area contributed by atoms with Gasteiger partial charge >= 0.3 is 0 Å². The number of hydrogen-bond acceptors (Lipinski definition) is 3. The van der Waals surface area contributed by atoms with E-state index in [1.54, 1.807) is 0 Å². The fourth-order valence-corrected chi connectivity index (χ4v) is 2.61. The molecule has 0 radical (unpaired) electrons. The second-order valence-corrected chi connectivity index (χ2v) is 5.61. The molecule has 1 amide bonds. The van der Waals surface area contributed by atoms with Crippen LogP contribution in [0.25, 0.3) is 0 Å². The zero-order valence-corrected chi connectivity index (χ0v) is 12.8. The number of aryl methyl sites for hydroxylation is 1. The van der Waals surface area contributed by atoms with Crippen LogP contribution in [0.5, 0.6) is 0 Å². The molecular weight excluding hydrogens is 274 g/mol. The van der Waals surface area contributed by atoms with Crippen LogP contribution in [0.15, 0.2) is 48.5 Å². The average Bonchev–Trinajstić information content (AvgIpc) is 2.58. The summed E-state index contributed by atoms with van der Waals surface area (Å²) in [5.74, 6) is -0.0687. The Morgan fingerprint density at radius 1 is 1.09 bits per heavy atom. The van der Waals surface area contributed by atoms with Crippen LogP contribution in [-0.2, 0) is 0 Å². The van der Waals surface area contributed by atoms with Crippen molar-refractivity contribution in [2.75, 3.05) is 36.4 Å². The third-order valence-corrected chi connectivity index (χ3v) is 3.90. The lowest BCUT2D eigenvalue weighted by molar-refractivity contribution is 0.102. The van der Waals surface area contributed by atoms with E-state index < -0.39 is 0 Å². The van der Waals surface area contributed by atoms with Gasteiger partial charge in [0.05, 0.1) is 0 Å². The Morgan fingerprint density at radius 2 is 1.82 bits per heavy atom. The SMILES string of the molecule is Cc1ccc(NC(=O)c2cccc(N3CCNCC3)c2)cc1. The lowest BCUT2D eigenvalue weighted by Crippen LogP contribution is -2.43. The van der Waals surface area contributed by atoms with Gasteiger partial charge in [0.15, 0.2) is 0 Å². The molecule has 22 heavy (non-hydrogen) atoms. The van der Waals surface area contributed by atoms with Gasteiger partial charge in [0, 0.05) is 43.1 Å². The van der Waals surface area contributed by atoms with E-state index in [4.69, 9.17) is 0 Å². The van der Waals surface area contributed by atoms with Crippen molar-refractivity contribution in [1.29, 1.82) is 0 Å². The van der Waals surface area contributed by atoms with E-state index in [1.165, 1.54) is 5.56 Å². The molecule has 0 unspecified atom stereocenters. The summed E-state index contributed by atoms with van der Waals surface area (Å²) >= 11 is 0. The molecule has 0 bridgehead atoms. The molecule has 4 nitrogen and oxygen atoms in total. The molecule has 2 aromatic rings. The molecule has 2 aromatic carbocycles. The number of amides is 1. The fourth-order valence-electron chi connectivity index (χ4n) is 2.61. The van der Waals surface area contributed by atoms with Gasteiger partial charge in [-0.3, -0.25) is 4.79 Å². The van der Waals surface area contributed by atoms with Crippen molar-refractivity contribution in [3.8, 4) is 0 Å². The van der Waals surface area contributed by atoms with Gasteiger partial charge < -0.3 is 15.5 Å². The highest BCUT2D eigenvalue weighted by molar-refractivity contribution is 6.04. The van der Waals surface area contributed by atoms with Crippen molar-refractivity contribution in [2.45, 2.75) is 6.92 Å². The zero-order valence-electron chi connectivity index (χ0n) is 12.8. The van der Waals surface area contributed by atoms with E-state index in [0.29, 0.717) is 5.56 Å². The van der Waals surface area contributed by atoms with Crippen LogP contribution in [0.3, 0.4) is 0 Å². The number of hydrogen-bond donors (Lipinski definition) is 2. The minimum Gasteiger partial charge on any atom is -0.369 e. The Kier molecular flexibility index (Phi) is 4.39. The second-order valence-electron chi connectivity index (χ2n) is 5.61. The zero-order chi connectivity index (χ0) is 15.4. The van der Waals surface area contributed by atoms with E-state index in [9.17, 15) is 4.79 Å². The molecule has 3 rings (SSSR count). The van der Waals surface area contributed by atoms with Crippen LogP contribution < -0.4 is 15.5 Å². The highest BCUT2D eigenvalue weighted by atomic mass is 16.1. The van der Waals surface area contributed by atoms with Crippen LogP contribution >= 0.6 is 0 Å². The van der Waals surface area contributed by atoms with E-state index in [-0.39, 0.29) is 5.91 Å². The Hall–Kier alpha value is -2.33. The number of nitrogens with zero attached hydrogens (tertiary/aromatic N) is 1. The summed E-state index contributed by atoms with van der Waals surface area (Å²) < 4.78 is 0. The van der Waals surface area contributed by atoms with E-state index in [1.807, 2.05) is 49.4 Å². The summed E-state index contributed by atoms with van der Waals surface area (Å²) in [5.41, 5.74) is 3.80. The maximum absolute atomic E-state index is 12.4. The highest BCUT2D eigenvalue weighted by Gasteiger charge is 2.13. The molecule has 1 saturated heterocycles. The molecular formula is C18H21N3O. The monoisotopic (exact) mass is 295 g/mol. The van der Waals surface area contributed by atoms with Crippen LogP contribution in [0.4, 0.5) is 11.4 Å². The van der Waals surface area contributed by atoms with Crippen LogP contribution in [0.1, 0.15) is 15.9 Å². The summed E-state index contributed by atoms with van der Waals surface area (Å²) in [5, 5.41) is 6.28. The van der Waals surface area contributed by atoms with E-state index in [0.717, 1.165) is 37.6 Å². The Bertz CT molecular complexity index is 646. The normalized spacial score (nSPS) is 14.7. The minimum absolute atomic E-state index is 0.0687.